The first-order valence-corrected chi connectivity index (χ1v) is 4.43. The molecule has 0 aliphatic rings. The summed E-state index contributed by atoms with van der Waals surface area (Å²) in [5.74, 6) is 0. The third kappa shape index (κ3) is 2.82. The monoisotopic (exact) mass is 183 g/mol. The number of hydrogen-bond donors (Lipinski definition) is 1. The molecule has 0 aliphatic heterocycles. The number of rotatable bonds is 5. The second-order valence-corrected chi connectivity index (χ2v) is 3.04. The molecule has 0 bridgehead atoms. The van der Waals surface area contributed by atoms with Gasteiger partial charge in [-0.05, 0) is 19.5 Å². The van der Waals surface area contributed by atoms with Gasteiger partial charge in [-0.2, -0.15) is 5.10 Å². The predicted molar refractivity (Wildman–Crippen MR) is 51.5 cm³/mol. The summed E-state index contributed by atoms with van der Waals surface area (Å²) in [7, 11) is 5.58. The SMILES string of the molecule is CNC(CCOC)c1ccn(C)n1. The summed E-state index contributed by atoms with van der Waals surface area (Å²) < 4.78 is 6.84. The average molecular weight is 183 g/mol. The van der Waals surface area contributed by atoms with E-state index in [2.05, 4.69) is 10.4 Å². The Hall–Kier alpha value is -0.870. The molecule has 0 aliphatic carbocycles. The molecule has 0 amide bonds. The normalized spacial score (nSPS) is 13.2. The average Bonchev–Trinajstić information content (AvgIpc) is 2.54. The molecule has 1 N–H and O–H groups in total. The Kier molecular flexibility index (Phi) is 3.92. The lowest BCUT2D eigenvalue weighted by Crippen LogP contribution is -2.18. The van der Waals surface area contributed by atoms with Crippen molar-refractivity contribution >= 4 is 0 Å². The minimum absolute atomic E-state index is 0.293. The lowest BCUT2D eigenvalue weighted by molar-refractivity contribution is 0.183. The van der Waals surface area contributed by atoms with Crippen LogP contribution in [0.1, 0.15) is 18.2 Å². The van der Waals surface area contributed by atoms with Crippen LogP contribution in [-0.2, 0) is 11.8 Å². The van der Waals surface area contributed by atoms with Gasteiger partial charge in [-0.1, -0.05) is 0 Å². The highest BCUT2D eigenvalue weighted by Crippen LogP contribution is 2.13. The second-order valence-electron chi connectivity index (χ2n) is 3.04. The van der Waals surface area contributed by atoms with Crippen LogP contribution >= 0.6 is 0 Å². The van der Waals surface area contributed by atoms with E-state index in [0.29, 0.717) is 6.04 Å². The minimum atomic E-state index is 0.293. The molecule has 0 fully saturated rings. The van der Waals surface area contributed by atoms with Gasteiger partial charge in [-0.25, -0.2) is 0 Å². The van der Waals surface area contributed by atoms with Crippen molar-refractivity contribution in [3.05, 3.63) is 18.0 Å². The van der Waals surface area contributed by atoms with E-state index in [1.807, 2.05) is 31.0 Å². The zero-order chi connectivity index (χ0) is 9.68. The predicted octanol–water partition coefficient (Wildman–Crippen LogP) is 0.717. The van der Waals surface area contributed by atoms with Gasteiger partial charge >= 0.3 is 0 Å². The quantitative estimate of drug-likeness (QED) is 0.731. The van der Waals surface area contributed by atoms with E-state index in [1.165, 1.54) is 0 Å². The minimum Gasteiger partial charge on any atom is -0.385 e. The maximum Gasteiger partial charge on any atom is 0.0794 e. The lowest BCUT2D eigenvalue weighted by Gasteiger charge is -2.12. The third-order valence-electron chi connectivity index (χ3n) is 2.05. The summed E-state index contributed by atoms with van der Waals surface area (Å²) in [4.78, 5) is 0. The zero-order valence-corrected chi connectivity index (χ0v) is 8.45. The van der Waals surface area contributed by atoms with E-state index in [-0.39, 0.29) is 0 Å². The molecule has 1 rings (SSSR count). The fourth-order valence-corrected chi connectivity index (χ4v) is 1.29. The smallest absolute Gasteiger partial charge is 0.0794 e. The number of ether oxygens (including phenoxy) is 1. The Bertz CT molecular complexity index is 247. The Morgan fingerprint density at radius 2 is 2.46 bits per heavy atom. The molecule has 1 heterocycles. The first-order valence-electron chi connectivity index (χ1n) is 4.43. The van der Waals surface area contributed by atoms with Gasteiger partial charge in [0.05, 0.1) is 11.7 Å². The highest BCUT2D eigenvalue weighted by molar-refractivity contribution is 5.04. The summed E-state index contributed by atoms with van der Waals surface area (Å²) in [6.07, 6.45) is 2.90. The van der Waals surface area contributed by atoms with Crippen molar-refractivity contribution in [1.82, 2.24) is 15.1 Å². The van der Waals surface area contributed by atoms with Gasteiger partial charge in [0.2, 0.25) is 0 Å². The van der Waals surface area contributed by atoms with Crippen LogP contribution in [-0.4, -0.2) is 30.5 Å². The Morgan fingerprint density at radius 1 is 1.69 bits per heavy atom. The molecule has 4 nitrogen and oxygen atoms in total. The van der Waals surface area contributed by atoms with Crippen molar-refractivity contribution in [3.8, 4) is 0 Å². The van der Waals surface area contributed by atoms with E-state index < -0.39 is 0 Å². The van der Waals surface area contributed by atoms with Gasteiger partial charge in [0.1, 0.15) is 0 Å². The van der Waals surface area contributed by atoms with Crippen LogP contribution in [0.4, 0.5) is 0 Å². The van der Waals surface area contributed by atoms with Crippen LogP contribution in [0.3, 0.4) is 0 Å². The summed E-state index contributed by atoms with van der Waals surface area (Å²) in [5, 5.41) is 7.54. The van der Waals surface area contributed by atoms with Crippen LogP contribution in [0.5, 0.6) is 0 Å². The topological polar surface area (TPSA) is 39.1 Å². The molecule has 0 aromatic carbocycles. The van der Waals surface area contributed by atoms with Crippen molar-refractivity contribution in [2.24, 2.45) is 7.05 Å². The summed E-state index contributed by atoms with van der Waals surface area (Å²) >= 11 is 0. The number of methoxy groups -OCH3 is 1. The van der Waals surface area contributed by atoms with Crippen LogP contribution < -0.4 is 5.32 Å². The fourth-order valence-electron chi connectivity index (χ4n) is 1.29. The molecule has 0 radical (unpaired) electrons. The first-order chi connectivity index (χ1) is 6.27. The molecule has 1 aromatic heterocycles. The van der Waals surface area contributed by atoms with Crippen molar-refractivity contribution in [1.29, 1.82) is 0 Å². The van der Waals surface area contributed by atoms with E-state index in [9.17, 15) is 0 Å². The second kappa shape index (κ2) is 4.99. The van der Waals surface area contributed by atoms with Crippen molar-refractivity contribution in [3.63, 3.8) is 0 Å². The van der Waals surface area contributed by atoms with Crippen molar-refractivity contribution in [2.75, 3.05) is 20.8 Å². The Balaban J connectivity index is 2.56. The zero-order valence-electron chi connectivity index (χ0n) is 8.45. The van der Waals surface area contributed by atoms with Gasteiger partial charge < -0.3 is 10.1 Å². The molecule has 4 heteroatoms. The number of aryl methyl sites for hydroxylation is 1. The third-order valence-corrected chi connectivity index (χ3v) is 2.05. The van der Waals surface area contributed by atoms with E-state index in [0.717, 1.165) is 18.7 Å². The summed E-state index contributed by atoms with van der Waals surface area (Å²) in [5.41, 5.74) is 1.07. The maximum atomic E-state index is 5.03. The maximum absolute atomic E-state index is 5.03. The molecule has 0 saturated heterocycles. The molecule has 74 valence electrons. The lowest BCUT2D eigenvalue weighted by atomic mass is 10.1. The fraction of sp³-hybridized carbons (Fsp3) is 0.667. The van der Waals surface area contributed by atoms with Crippen LogP contribution in [0.2, 0.25) is 0 Å². The van der Waals surface area contributed by atoms with Gasteiger partial charge in [0, 0.05) is 27.0 Å². The Labute approximate surface area is 78.9 Å². The standard InChI is InChI=1S/C9H17N3O/c1-10-8(5-7-13-3)9-4-6-12(2)11-9/h4,6,8,10H,5,7H2,1-3H3. The number of aromatic nitrogens is 2. The number of hydrogen-bond acceptors (Lipinski definition) is 3. The molecule has 1 aromatic rings. The molecular weight excluding hydrogens is 166 g/mol. The Morgan fingerprint density at radius 3 is 2.92 bits per heavy atom. The molecular formula is C9H17N3O. The molecule has 13 heavy (non-hydrogen) atoms. The number of nitrogens with one attached hydrogen (secondary N) is 1. The van der Waals surface area contributed by atoms with Crippen LogP contribution in [0.15, 0.2) is 12.3 Å². The van der Waals surface area contributed by atoms with Crippen molar-refractivity contribution in [2.45, 2.75) is 12.5 Å². The summed E-state index contributed by atoms with van der Waals surface area (Å²) in [6, 6.07) is 2.32. The highest BCUT2D eigenvalue weighted by atomic mass is 16.5. The number of nitrogens with zero attached hydrogens (tertiary/aromatic N) is 2. The van der Waals surface area contributed by atoms with Gasteiger partial charge in [0.15, 0.2) is 0 Å². The first kappa shape index (κ1) is 10.2. The van der Waals surface area contributed by atoms with Gasteiger partial charge in [-0.15, -0.1) is 0 Å². The largest absolute Gasteiger partial charge is 0.385 e. The molecule has 1 unspecified atom stereocenters. The molecule has 1 atom stereocenters. The molecule has 0 spiro atoms. The highest BCUT2D eigenvalue weighted by Gasteiger charge is 2.10. The van der Waals surface area contributed by atoms with Gasteiger partial charge in [-0.3, -0.25) is 4.68 Å². The van der Waals surface area contributed by atoms with Crippen molar-refractivity contribution < 1.29 is 4.74 Å². The van der Waals surface area contributed by atoms with E-state index >= 15 is 0 Å². The van der Waals surface area contributed by atoms with Crippen LogP contribution in [0.25, 0.3) is 0 Å². The van der Waals surface area contributed by atoms with E-state index in [1.54, 1.807) is 7.11 Å². The summed E-state index contributed by atoms with van der Waals surface area (Å²) in [6.45, 7) is 0.752. The molecule has 0 saturated carbocycles. The van der Waals surface area contributed by atoms with Gasteiger partial charge in [0.25, 0.3) is 0 Å². The van der Waals surface area contributed by atoms with E-state index in [4.69, 9.17) is 4.74 Å². The van der Waals surface area contributed by atoms with Crippen LogP contribution in [0, 0.1) is 0 Å².